The predicted octanol–water partition coefficient (Wildman–Crippen LogP) is 1.90. The first-order valence-electron chi connectivity index (χ1n) is 7.66. The van der Waals surface area contributed by atoms with Gasteiger partial charge in [0.15, 0.2) is 0 Å². The molecule has 7 nitrogen and oxygen atoms in total. The van der Waals surface area contributed by atoms with Crippen LogP contribution in [0, 0.1) is 6.92 Å². The van der Waals surface area contributed by atoms with Crippen molar-refractivity contribution in [3.05, 3.63) is 45.9 Å². The molecule has 0 aliphatic rings. The van der Waals surface area contributed by atoms with Gasteiger partial charge in [0.05, 0.1) is 5.75 Å². The largest absolute Gasteiger partial charge is 0.334 e. The van der Waals surface area contributed by atoms with Gasteiger partial charge in [0.2, 0.25) is 11.1 Å². The van der Waals surface area contributed by atoms with Crippen molar-refractivity contribution >= 4 is 23.4 Å². The molecule has 0 aliphatic heterocycles. The first kappa shape index (κ1) is 18.0. The van der Waals surface area contributed by atoms with Gasteiger partial charge in [0.25, 0.3) is 5.56 Å². The number of hydrogen-bond acceptors (Lipinski definition) is 6. The highest BCUT2D eigenvalue weighted by molar-refractivity contribution is 7.99. The molecule has 24 heavy (non-hydrogen) atoms. The summed E-state index contributed by atoms with van der Waals surface area (Å²) < 4.78 is 0.904. The van der Waals surface area contributed by atoms with Crippen LogP contribution in [-0.2, 0) is 4.79 Å². The van der Waals surface area contributed by atoms with E-state index >= 15 is 0 Å². The number of nitrogens with one attached hydrogen (secondary N) is 1. The Hall–Kier alpha value is -2.35. The molecule has 1 heterocycles. The van der Waals surface area contributed by atoms with Crippen LogP contribution in [0.25, 0.3) is 0 Å². The van der Waals surface area contributed by atoms with Crippen molar-refractivity contribution in [1.82, 2.24) is 14.9 Å². The summed E-state index contributed by atoms with van der Waals surface area (Å²) in [4.78, 5) is 23.7. The van der Waals surface area contributed by atoms with E-state index in [0.29, 0.717) is 5.92 Å². The predicted molar refractivity (Wildman–Crippen MR) is 95.7 cm³/mol. The maximum absolute atomic E-state index is 12.0. The maximum Gasteiger partial charge on any atom is 0.294 e. The molecule has 8 heteroatoms. The van der Waals surface area contributed by atoms with E-state index in [1.807, 2.05) is 24.3 Å². The van der Waals surface area contributed by atoms with Gasteiger partial charge in [0.1, 0.15) is 5.69 Å². The van der Waals surface area contributed by atoms with Crippen molar-refractivity contribution in [2.45, 2.75) is 38.3 Å². The van der Waals surface area contributed by atoms with E-state index in [9.17, 15) is 9.59 Å². The van der Waals surface area contributed by atoms with E-state index in [0.717, 1.165) is 28.5 Å². The summed E-state index contributed by atoms with van der Waals surface area (Å²) in [7, 11) is 0. The standard InChI is InChI=1S/C16H21N5O2S/c1-4-10(2)12-5-7-13(8-6-12)18-14(22)9-24-16-20-19-11(3)15(23)21(16)17/h5-8,10H,4,9,17H2,1-3H3,(H,18,22)/t10-/m0/s1. The SMILES string of the molecule is CC[C@H](C)c1ccc(NC(=O)CSc2nnc(C)c(=O)n2N)cc1. The minimum Gasteiger partial charge on any atom is -0.334 e. The number of anilines is 1. The summed E-state index contributed by atoms with van der Waals surface area (Å²) in [5.74, 6) is 6.00. The zero-order valence-corrected chi connectivity index (χ0v) is 14.8. The highest BCUT2D eigenvalue weighted by Crippen LogP contribution is 2.20. The van der Waals surface area contributed by atoms with Crippen LogP contribution in [0.1, 0.15) is 37.4 Å². The molecule has 1 aromatic heterocycles. The van der Waals surface area contributed by atoms with Crippen molar-refractivity contribution in [3.8, 4) is 0 Å². The Balaban J connectivity index is 1.94. The molecule has 2 rings (SSSR count). The van der Waals surface area contributed by atoms with E-state index in [2.05, 4.69) is 29.4 Å². The molecule has 1 aromatic carbocycles. The van der Waals surface area contributed by atoms with Crippen LogP contribution in [-0.4, -0.2) is 26.5 Å². The molecule has 0 aliphatic carbocycles. The molecular weight excluding hydrogens is 326 g/mol. The monoisotopic (exact) mass is 347 g/mol. The molecule has 0 spiro atoms. The van der Waals surface area contributed by atoms with Gasteiger partial charge in [-0.1, -0.05) is 37.7 Å². The molecular formula is C16H21N5O2S. The second kappa shape index (κ2) is 7.96. The number of thioether (sulfide) groups is 1. The third-order valence-corrected chi connectivity index (χ3v) is 4.67. The van der Waals surface area contributed by atoms with E-state index in [1.54, 1.807) is 0 Å². The topological polar surface area (TPSA) is 103 Å². The lowest BCUT2D eigenvalue weighted by Gasteiger charge is -2.10. The van der Waals surface area contributed by atoms with Crippen molar-refractivity contribution in [3.63, 3.8) is 0 Å². The maximum atomic E-state index is 12.0. The second-order valence-electron chi connectivity index (χ2n) is 5.51. The van der Waals surface area contributed by atoms with Crippen molar-refractivity contribution in [2.75, 3.05) is 16.9 Å². The van der Waals surface area contributed by atoms with Crippen molar-refractivity contribution < 1.29 is 4.79 Å². The minimum absolute atomic E-state index is 0.0848. The summed E-state index contributed by atoms with van der Waals surface area (Å²) in [6, 6.07) is 7.79. The van der Waals surface area contributed by atoms with Crippen LogP contribution in [0.5, 0.6) is 0 Å². The van der Waals surface area contributed by atoms with Crippen LogP contribution in [0.2, 0.25) is 0 Å². The van der Waals surface area contributed by atoms with Gasteiger partial charge in [-0.15, -0.1) is 10.2 Å². The van der Waals surface area contributed by atoms with Gasteiger partial charge in [-0.3, -0.25) is 9.59 Å². The molecule has 3 N–H and O–H groups in total. The van der Waals surface area contributed by atoms with E-state index < -0.39 is 5.56 Å². The number of nitrogen functional groups attached to an aromatic ring is 1. The highest BCUT2D eigenvalue weighted by atomic mass is 32.2. The fraction of sp³-hybridized carbons (Fsp3) is 0.375. The van der Waals surface area contributed by atoms with E-state index in [4.69, 9.17) is 5.84 Å². The number of amides is 1. The lowest BCUT2D eigenvalue weighted by Crippen LogP contribution is -2.32. The molecule has 0 bridgehead atoms. The molecule has 0 saturated carbocycles. The van der Waals surface area contributed by atoms with E-state index in [1.165, 1.54) is 12.5 Å². The van der Waals surface area contributed by atoms with Crippen molar-refractivity contribution in [2.24, 2.45) is 0 Å². The lowest BCUT2D eigenvalue weighted by molar-refractivity contribution is -0.113. The van der Waals surface area contributed by atoms with Gasteiger partial charge in [0, 0.05) is 5.69 Å². The summed E-state index contributed by atoms with van der Waals surface area (Å²) in [5.41, 5.74) is 1.76. The first-order valence-corrected chi connectivity index (χ1v) is 8.65. The number of carbonyl (C=O) groups excluding carboxylic acids is 1. The molecule has 1 amide bonds. The number of aryl methyl sites for hydroxylation is 1. The Morgan fingerprint density at radius 2 is 2.00 bits per heavy atom. The van der Waals surface area contributed by atoms with Crippen LogP contribution in [0.4, 0.5) is 5.69 Å². The smallest absolute Gasteiger partial charge is 0.294 e. The molecule has 2 aromatic rings. The number of carbonyl (C=O) groups is 1. The van der Waals surface area contributed by atoms with Crippen LogP contribution in [0.3, 0.4) is 0 Å². The number of nitrogens with zero attached hydrogens (tertiary/aromatic N) is 3. The van der Waals surface area contributed by atoms with Gasteiger partial charge >= 0.3 is 0 Å². The molecule has 0 unspecified atom stereocenters. The lowest BCUT2D eigenvalue weighted by atomic mass is 9.99. The molecule has 0 saturated heterocycles. The fourth-order valence-corrected chi connectivity index (χ4v) is 2.68. The number of nitrogens with two attached hydrogens (primary N) is 1. The third kappa shape index (κ3) is 4.35. The summed E-state index contributed by atoms with van der Waals surface area (Å²) in [5, 5.41) is 10.6. The molecule has 0 fully saturated rings. The van der Waals surface area contributed by atoms with Gasteiger partial charge < -0.3 is 11.2 Å². The summed E-state index contributed by atoms with van der Waals surface area (Å²) >= 11 is 1.06. The highest BCUT2D eigenvalue weighted by Gasteiger charge is 2.11. The Labute approximate surface area is 144 Å². The van der Waals surface area contributed by atoms with Crippen molar-refractivity contribution in [1.29, 1.82) is 0 Å². The molecule has 1 atom stereocenters. The normalized spacial score (nSPS) is 12.0. The number of benzene rings is 1. The fourth-order valence-electron chi connectivity index (χ4n) is 2.03. The molecule has 0 radical (unpaired) electrons. The van der Waals surface area contributed by atoms with Gasteiger partial charge in [-0.25, -0.2) is 0 Å². The Bertz CT molecular complexity index is 773. The molecule has 128 valence electrons. The number of rotatable bonds is 6. The summed E-state index contributed by atoms with van der Waals surface area (Å²) in [6.45, 7) is 5.84. The quantitative estimate of drug-likeness (QED) is 0.611. The number of hydrogen-bond donors (Lipinski definition) is 2. The zero-order chi connectivity index (χ0) is 17.7. The van der Waals surface area contributed by atoms with Gasteiger partial charge in [-0.05, 0) is 37.0 Å². The van der Waals surface area contributed by atoms with Crippen LogP contribution < -0.4 is 16.7 Å². The average Bonchev–Trinajstić information content (AvgIpc) is 2.59. The average molecular weight is 347 g/mol. The Kier molecular flexibility index (Phi) is 5.97. The zero-order valence-electron chi connectivity index (χ0n) is 13.9. The third-order valence-electron chi connectivity index (χ3n) is 3.73. The van der Waals surface area contributed by atoms with Crippen LogP contribution in [0.15, 0.2) is 34.2 Å². The Morgan fingerprint density at radius 3 is 2.62 bits per heavy atom. The number of aromatic nitrogens is 3. The summed E-state index contributed by atoms with van der Waals surface area (Å²) in [6.07, 6.45) is 1.07. The van der Waals surface area contributed by atoms with Gasteiger partial charge in [-0.2, -0.15) is 4.68 Å². The minimum atomic E-state index is -0.423. The van der Waals surface area contributed by atoms with E-state index in [-0.39, 0.29) is 22.5 Å². The Morgan fingerprint density at radius 1 is 1.33 bits per heavy atom. The first-order chi connectivity index (χ1) is 11.4. The van der Waals surface area contributed by atoms with Crippen LogP contribution >= 0.6 is 11.8 Å². The second-order valence-corrected chi connectivity index (χ2v) is 6.45.